The summed E-state index contributed by atoms with van der Waals surface area (Å²) in [5, 5.41) is 22.6. The highest BCUT2D eigenvalue weighted by molar-refractivity contribution is 5.89. The quantitative estimate of drug-likeness (QED) is 0.507. The number of nitro groups is 1. The fraction of sp³-hybridized carbons (Fsp3) is 0. The van der Waals surface area contributed by atoms with E-state index in [1.54, 1.807) is 24.3 Å². The molecule has 1 heterocycles. The lowest BCUT2D eigenvalue weighted by molar-refractivity contribution is -0.384. The molecule has 0 fully saturated rings. The number of carbonyl (C=O) groups is 1. The summed E-state index contributed by atoms with van der Waals surface area (Å²) >= 11 is 0. The zero-order valence-corrected chi connectivity index (χ0v) is 10.6. The van der Waals surface area contributed by atoms with Crippen molar-refractivity contribution in [2.24, 2.45) is 0 Å². The maximum Gasteiger partial charge on any atom is 0.337 e. The fourth-order valence-electron chi connectivity index (χ4n) is 1.63. The third kappa shape index (κ3) is 3.13. The largest absolute Gasteiger partial charge is 0.478 e. The van der Waals surface area contributed by atoms with Gasteiger partial charge in [-0.2, -0.15) is 0 Å². The number of benzene rings is 1. The van der Waals surface area contributed by atoms with Crippen LogP contribution >= 0.6 is 0 Å². The molecule has 2 aromatic rings. The van der Waals surface area contributed by atoms with Gasteiger partial charge in [-0.1, -0.05) is 12.0 Å². The number of carboxylic acids is 1. The normalized spacial score (nSPS) is 9.67. The van der Waals surface area contributed by atoms with Crippen molar-refractivity contribution in [2.75, 3.05) is 5.32 Å². The third-order valence-electron chi connectivity index (χ3n) is 2.60. The van der Waals surface area contributed by atoms with Crippen molar-refractivity contribution >= 4 is 23.2 Å². The van der Waals surface area contributed by atoms with Gasteiger partial charge in [0.25, 0.3) is 0 Å². The van der Waals surface area contributed by atoms with E-state index >= 15 is 0 Å². The van der Waals surface area contributed by atoms with Crippen LogP contribution < -0.4 is 5.32 Å². The van der Waals surface area contributed by atoms with Gasteiger partial charge in [0.2, 0.25) is 5.82 Å². The van der Waals surface area contributed by atoms with Crippen molar-refractivity contribution < 1.29 is 14.8 Å². The molecule has 0 saturated carbocycles. The SMILES string of the molecule is C#Cc1cccc(Nc2ncc(C(=O)O)cc2[N+](=O)[O-])c1. The number of pyridine rings is 1. The van der Waals surface area contributed by atoms with Crippen LogP contribution in [0.25, 0.3) is 0 Å². The summed E-state index contributed by atoms with van der Waals surface area (Å²) in [7, 11) is 0. The van der Waals surface area contributed by atoms with E-state index in [4.69, 9.17) is 11.5 Å². The number of aromatic nitrogens is 1. The predicted octanol–water partition coefficient (Wildman–Crippen LogP) is 2.41. The topological polar surface area (TPSA) is 105 Å². The Balaban J connectivity index is 2.41. The minimum Gasteiger partial charge on any atom is -0.478 e. The second kappa shape index (κ2) is 5.71. The van der Waals surface area contributed by atoms with Gasteiger partial charge in [0.15, 0.2) is 0 Å². The lowest BCUT2D eigenvalue weighted by Gasteiger charge is -2.07. The molecule has 2 rings (SSSR count). The molecule has 21 heavy (non-hydrogen) atoms. The molecule has 0 aliphatic rings. The number of hydrogen-bond donors (Lipinski definition) is 2. The first-order chi connectivity index (χ1) is 10.0. The molecular formula is C14H9N3O4. The molecule has 0 unspecified atom stereocenters. The predicted molar refractivity (Wildman–Crippen MR) is 75.5 cm³/mol. The smallest absolute Gasteiger partial charge is 0.337 e. The Kier molecular flexibility index (Phi) is 3.81. The second-order valence-corrected chi connectivity index (χ2v) is 4.00. The Labute approximate surface area is 119 Å². The van der Waals surface area contributed by atoms with E-state index in [-0.39, 0.29) is 11.4 Å². The van der Waals surface area contributed by atoms with Gasteiger partial charge in [-0.05, 0) is 18.2 Å². The molecule has 1 aromatic carbocycles. The summed E-state index contributed by atoms with van der Waals surface area (Å²) in [5.41, 5.74) is 0.430. The number of aromatic carboxylic acids is 1. The first kappa shape index (κ1) is 14.0. The third-order valence-corrected chi connectivity index (χ3v) is 2.60. The average molecular weight is 283 g/mol. The van der Waals surface area contributed by atoms with Crippen LogP contribution in [0.2, 0.25) is 0 Å². The molecule has 0 radical (unpaired) electrons. The zero-order chi connectivity index (χ0) is 15.4. The van der Waals surface area contributed by atoms with Crippen molar-refractivity contribution in [3.63, 3.8) is 0 Å². The summed E-state index contributed by atoms with van der Waals surface area (Å²) in [6.45, 7) is 0. The van der Waals surface area contributed by atoms with Gasteiger partial charge in [-0.3, -0.25) is 10.1 Å². The molecular weight excluding hydrogens is 274 g/mol. The van der Waals surface area contributed by atoms with Crippen LogP contribution in [0.4, 0.5) is 17.2 Å². The Hall–Kier alpha value is -3.40. The van der Waals surface area contributed by atoms with Crippen LogP contribution in [-0.2, 0) is 0 Å². The number of anilines is 2. The molecule has 0 atom stereocenters. The lowest BCUT2D eigenvalue weighted by Crippen LogP contribution is -2.04. The van der Waals surface area contributed by atoms with E-state index in [1.165, 1.54) is 0 Å². The highest BCUT2D eigenvalue weighted by Crippen LogP contribution is 2.26. The Morgan fingerprint density at radius 3 is 2.81 bits per heavy atom. The Bertz CT molecular complexity index is 765. The monoisotopic (exact) mass is 283 g/mol. The average Bonchev–Trinajstić information content (AvgIpc) is 2.47. The fourth-order valence-corrected chi connectivity index (χ4v) is 1.63. The Morgan fingerprint density at radius 1 is 1.43 bits per heavy atom. The summed E-state index contributed by atoms with van der Waals surface area (Å²) in [6.07, 6.45) is 6.32. The summed E-state index contributed by atoms with van der Waals surface area (Å²) in [4.78, 5) is 24.9. The molecule has 0 aliphatic carbocycles. The molecule has 0 aliphatic heterocycles. The first-order valence-corrected chi connectivity index (χ1v) is 5.72. The van der Waals surface area contributed by atoms with E-state index in [1.807, 2.05) is 0 Å². The molecule has 104 valence electrons. The van der Waals surface area contributed by atoms with Crippen LogP contribution in [0.5, 0.6) is 0 Å². The molecule has 1 aromatic heterocycles. The zero-order valence-electron chi connectivity index (χ0n) is 10.6. The van der Waals surface area contributed by atoms with Crippen LogP contribution in [0, 0.1) is 22.5 Å². The van der Waals surface area contributed by atoms with Crippen molar-refractivity contribution in [1.82, 2.24) is 4.98 Å². The van der Waals surface area contributed by atoms with Crippen molar-refractivity contribution in [1.29, 1.82) is 0 Å². The van der Waals surface area contributed by atoms with Gasteiger partial charge >= 0.3 is 11.7 Å². The van der Waals surface area contributed by atoms with E-state index in [0.717, 1.165) is 12.3 Å². The van der Waals surface area contributed by atoms with Gasteiger partial charge in [0, 0.05) is 23.5 Å². The first-order valence-electron chi connectivity index (χ1n) is 5.72. The molecule has 0 spiro atoms. The van der Waals surface area contributed by atoms with Gasteiger partial charge in [0.1, 0.15) is 0 Å². The van der Waals surface area contributed by atoms with Crippen LogP contribution in [-0.4, -0.2) is 21.0 Å². The highest BCUT2D eigenvalue weighted by Gasteiger charge is 2.19. The van der Waals surface area contributed by atoms with Crippen molar-refractivity contribution in [2.45, 2.75) is 0 Å². The van der Waals surface area contributed by atoms with E-state index in [9.17, 15) is 14.9 Å². The molecule has 0 bridgehead atoms. The maximum atomic E-state index is 11.0. The number of rotatable bonds is 4. The van der Waals surface area contributed by atoms with Crippen LogP contribution in [0.1, 0.15) is 15.9 Å². The van der Waals surface area contributed by atoms with Gasteiger partial charge in [0.05, 0.1) is 10.5 Å². The van der Waals surface area contributed by atoms with E-state index in [2.05, 4.69) is 16.2 Å². The minimum atomic E-state index is -1.29. The Morgan fingerprint density at radius 2 is 2.19 bits per heavy atom. The number of hydrogen-bond acceptors (Lipinski definition) is 5. The number of nitrogens with zero attached hydrogens (tertiary/aromatic N) is 2. The van der Waals surface area contributed by atoms with Crippen LogP contribution in [0.3, 0.4) is 0 Å². The summed E-state index contributed by atoms with van der Waals surface area (Å²) in [5.74, 6) is 1.10. The van der Waals surface area contributed by atoms with Crippen molar-refractivity contribution in [3.8, 4) is 12.3 Å². The summed E-state index contributed by atoms with van der Waals surface area (Å²) < 4.78 is 0. The number of nitrogens with one attached hydrogen (secondary N) is 1. The number of carboxylic acid groups (broad SMARTS) is 1. The standard InChI is InChI=1S/C14H9N3O4/c1-2-9-4-3-5-11(6-9)16-13-12(17(20)21)7-10(8-15-13)14(18)19/h1,3-8H,(H,15,16)(H,18,19). The maximum absolute atomic E-state index is 11.0. The van der Waals surface area contributed by atoms with Crippen molar-refractivity contribution in [3.05, 3.63) is 57.8 Å². The highest BCUT2D eigenvalue weighted by atomic mass is 16.6. The molecule has 7 heteroatoms. The molecule has 0 amide bonds. The summed E-state index contributed by atoms with van der Waals surface area (Å²) in [6, 6.07) is 7.63. The van der Waals surface area contributed by atoms with Crippen LogP contribution in [0.15, 0.2) is 36.5 Å². The van der Waals surface area contributed by atoms with Gasteiger partial charge in [-0.25, -0.2) is 9.78 Å². The van der Waals surface area contributed by atoms with E-state index in [0.29, 0.717) is 11.3 Å². The molecule has 0 saturated heterocycles. The molecule has 7 nitrogen and oxygen atoms in total. The molecule has 2 N–H and O–H groups in total. The van der Waals surface area contributed by atoms with Gasteiger partial charge < -0.3 is 10.4 Å². The number of terminal acetylenes is 1. The van der Waals surface area contributed by atoms with Gasteiger partial charge in [-0.15, -0.1) is 6.42 Å². The minimum absolute atomic E-state index is 0.0563. The lowest BCUT2D eigenvalue weighted by atomic mass is 10.2. The van der Waals surface area contributed by atoms with E-state index < -0.39 is 16.6 Å². The second-order valence-electron chi connectivity index (χ2n) is 4.00.